The third-order valence-corrected chi connectivity index (χ3v) is 2.65. The Morgan fingerprint density at radius 1 is 1.44 bits per heavy atom. The molecule has 2 atom stereocenters. The molecule has 2 heterocycles. The molecule has 0 aliphatic carbocycles. The molecule has 2 N–H and O–H groups in total. The first kappa shape index (κ1) is 12.5. The van der Waals surface area contributed by atoms with Gasteiger partial charge in [0.1, 0.15) is 6.10 Å². The SMILES string of the molecule is Cc1c[nH]c(=O)n(C2C=CC(=O)[C@@H](CO)O2)c1=O. The van der Waals surface area contributed by atoms with Crippen LogP contribution in [0.4, 0.5) is 0 Å². The molecule has 1 aromatic rings. The fourth-order valence-corrected chi connectivity index (χ4v) is 1.66. The van der Waals surface area contributed by atoms with Crippen molar-refractivity contribution in [3.63, 3.8) is 0 Å². The zero-order valence-electron chi connectivity index (χ0n) is 9.62. The Bertz CT molecular complexity index is 613. The van der Waals surface area contributed by atoms with Crippen molar-refractivity contribution in [1.82, 2.24) is 9.55 Å². The van der Waals surface area contributed by atoms with Gasteiger partial charge >= 0.3 is 5.69 Å². The fraction of sp³-hybridized carbons (Fsp3) is 0.364. The summed E-state index contributed by atoms with van der Waals surface area (Å²) in [6.45, 7) is 1.05. The number of aliphatic hydroxyl groups excluding tert-OH is 1. The number of carbonyl (C=O) groups excluding carboxylic acids is 1. The van der Waals surface area contributed by atoms with Gasteiger partial charge in [-0.1, -0.05) is 0 Å². The van der Waals surface area contributed by atoms with Crippen LogP contribution in [0.1, 0.15) is 11.8 Å². The third-order valence-electron chi connectivity index (χ3n) is 2.65. The molecule has 0 amide bonds. The van der Waals surface area contributed by atoms with Gasteiger partial charge in [0.2, 0.25) is 0 Å². The minimum absolute atomic E-state index is 0.351. The molecule has 0 saturated carbocycles. The lowest BCUT2D eigenvalue weighted by molar-refractivity contribution is -0.137. The zero-order chi connectivity index (χ0) is 13.3. The molecule has 0 bridgehead atoms. The predicted molar refractivity (Wildman–Crippen MR) is 61.2 cm³/mol. The van der Waals surface area contributed by atoms with Crippen LogP contribution >= 0.6 is 0 Å². The molecule has 2 rings (SSSR count). The molecule has 7 nitrogen and oxygen atoms in total. The number of nitrogens with one attached hydrogen (secondary N) is 1. The molecule has 0 aromatic carbocycles. The molecule has 0 radical (unpaired) electrons. The lowest BCUT2D eigenvalue weighted by Gasteiger charge is -2.24. The molecule has 96 valence electrons. The fourth-order valence-electron chi connectivity index (χ4n) is 1.66. The summed E-state index contributed by atoms with van der Waals surface area (Å²) in [5, 5.41) is 8.97. The molecule has 1 unspecified atom stereocenters. The van der Waals surface area contributed by atoms with Crippen LogP contribution in [0.25, 0.3) is 0 Å². The predicted octanol–water partition coefficient (Wildman–Crippen LogP) is -1.14. The summed E-state index contributed by atoms with van der Waals surface area (Å²) in [5.74, 6) is -0.397. The van der Waals surface area contributed by atoms with Crippen molar-refractivity contribution in [1.29, 1.82) is 0 Å². The molecule has 0 spiro atoms. The van der Waals surface area contributed by atoms with Gasteiger partial charge < -0.3 is 14.8 Å². The van der Waals surface area contributed by atoms with Crippen LogP contribution in [0.5, 0.6) is 0 Å². The van der Waals surface area contributed by atoms with Crippen LogP contribution in [0.15, 0.2) is 27.9 Å². The van der Waals surface area contributed by atoms with E-state index in [0.29, 0.717) is 5.56 Å². The van der Waals surface area contributed by atoms with Gasteiger partial charge in [0.25, 0.3) is 5.56 Å². The molecule has 1 aliphatic rings. The minimum atomic E-state index is -1.05. The van der Waals surface area contributed by atoms with Crippen LogP contribution < -0.4 is 11.2 Å². The summed E-state index contributed by atoms with van der Waals surface area (Å²) in [4.78, 5) is 37.2. The maximum atomic E-state index is 11.8. The highest BCUT2D eigenvalue weighted by molar-refractivity contribution is 5.94. The summed E-state index contributed by atoms with van der Waals surface area (Å²) in [6.07, 6.45) is 1.78. The Kier molecular flexibility index (Phi) is 3.26. The van der Waals surface area contributed by atoms with E-state index in [-0.39, 0.29) is 0 Å². The number of ether oxygens (including phenoxy) is 1. The number of aryl methyl sites for hydroxylation is 1. The molecule has 0 saturated heterocycles. The number of H-pyrrole nitrogens is 1. The Labute approximate surface area is 101 Å². The second-order valence-corrected chi connectivity index (χ2v) is 3.91. The van der Waals surface area contributed by atoms with E-state index in [2.05, 4.69) is 4.98 Å². The molecule has 1 aliphatic heterocycles. The van der Waals surface area contributed by atoms with Crippen molar-refractivity contribution in [2.45, 2.75) is 19.3 Å². The van der Waals surface area contributed by atoms with Crippen molar-refractivity contribution in [2.24, 2.45) is 0 Å². The van der Waals surface area contributed by atoms with Crippen LogP contribution in [0.3, 0.4) is 0 Å². The van der Waals surface area contributed by atoms with Crippen LogP contribution in [0.2, 0.25) is 0 Å². The van der Waals surface area contributed by atoms with Crippen molar-refractivity contribution < 1.29 is 14.6 Å². The third kappa shape index (κ3) is 2.05. The molecule has 1 aromatic heterocycles. The quantitative estimate of drug-likeness (QED) is 0.692. The van der Waals surface area contributed by atoms with Crippen molar-refractivity contribution in [3.05, 3.63) is 44.8 Å². The van der Waals surface area contributed by atoms with Gasteiger partial charge in [-0.2, -0.15) is 0 Å². The number of aromatic amines is 1. The summed E-state index contributed by atoms with van der Waals surface area (Å²) >= 11 is 0. The second-order valence-electron chi connectivity index (χ2n) is 3.91. The van der Waals surface area contributed by atoms with Crippen molar-refractivity contribution >= 4 is 5.78 Å². The average Bonchev–Trinajstić information content (AvgIpc) is 2.36. The lowest BCUT2D eigenvalue weighted by Crippen LogP contribution is -2.43. The van der Waals surface area contributed by atoms with Gasteiger partial charge in [-0.05, 0) is 19.1 Å². The summed E-state index contributed by atoms with van der Waals surface area (Å²) < 4.78 is 6.07. The number of rotatable bonds is 2. The van der Waals surface area contributed by atoms with Gasteiger partial charge in [-0.15, -0.1) is 0 Å². The van der Waals surface area contributed by atoms with E-state index < -0.39 is 36.0 Å². The van der Waals surface area contributed by atoms with Crippen LogP contribution in [-0.2, 0) is 9.53 Å². The highest BCUT2D eigenvalue weighted by Gasteiger charge is 2.27. The first-order valence-electron chi connectivity index (χ1n) is 5.34. The first-order chi connectivity index (χ1) is 8.54. The summed E-state index contributed by atoms with van der Waals surface area (Å²) in [7, 11) is 0. The van der Waals surface area contributed by atoms with E-state index in [0.717, 1.165) is 4.57 Å². The average molecular weight is 252 g/mol. The molecule has 18 heavy (non-hydrogen) atoms. The maximum Gasteiger partial charge on any atom is 0.330 e. The minimum Gasteiger partial charge on any atom is -0.393 e. The first-order valence-corrected chi connectivity index (χ1v) is 5.34. The maximum absolute atomic E-state index is 11.8. The number of ketones is 1. The molecule has 0 fully saturated rings. The molecular formula is C11H12N2O5. The number of hydrogen-bond acceptors (Lipinski definition) is 5. The summed E-state index contributed by atoms with van der Waals surface area (Å²) in [5.41, 5.74) is -0.783. The number of hydrogen-bond donors (Lipinski definition) is 2. The van der Waals surface area contributed by atoms with E-state index in [1.165, 1.54) is 18.3 Å². The Morgan fingerprint density at radius 2 is 2.17 bits per heavy atom. The lowest BCUT2D eigenvalue weighted by atomic mass is 10.2. The zero-order valence-corrected chi connectivity index (χ0v) is 9.62. The van der Waals surface area contributed by atoms with Crippen molar-refractivity contribution in [3.8, 4) is 0 Å². The van der Waals surface area contributed by atoms with Crippen molar-refractivity contribution in [2.75, 3.05) is 6.61 Å². The highest BCUT2D eigenvalue weighted by atomic mass is 16.5. The van der Waals surface area contributed by atoms with E-state index >= 15 is 0 Å². The van der Waals surface area contributed by atoms with Gasteiger partial charge in [0.15, 0.2) is 12.0 Å². The topological polar surface area (TPSA) is 101 Å². The van der Waals surface area contributed by atoms with E-state index in [4.69, 9.17) is 9.84 Å². The summed E-state index contributed by atoms with van der Waals surface area (Å²) in [6, 6.07) is 0. The standard InChI is InChI=1S/C11H12N2O5/c1-6-4-12-11(17)13(10(6)16)9-3-2-7(15)8(5-14)18-9/h2-4,8-9,14H,5H2,1H3,(H,12,17)/t8-,9?/m1/s1. The Morgan fingerprint density at radius 3 is 2.83 bits per heavy atom. The number of aromatic nitrogens is 2. The number of carbonyl (C=O) groups is 1. The Balaban J connectivity index is 2.48. The smallest absolute Gasteiger partial charge is 0.330 e. The van der Waals surface area contributed by atoms with Crippen LogP contribution in [0, 0.1) is 6.92 Å². The highest BCUT2D eigenvalue weighted by Crippen LogP contribution is 2.15. The van der Waals surface area contributed by atoms with Gasteiger partial charge in [0.05, 0.1) is 6.61 Å². The second kappa shape index (κ2) is 4.71. The van der Waals surface area contributed by atoms with E-state index in [9.17, 15) is 14.4 Å². The molecule has 7 heteroatoms. The molecular weight excluding hydrogens is 240 g/mol. The number of nitrogens with zero attached hydrogens (tertiary/aromatic N) is 1. The van der Waals surface area contributed by atoms with Gasteiger partial charge in [-0.3, -0.25) is 9.59 Å². The van der Waals surface area contributed by atoms with Crippen LogP contribution in [-0.4, -0.2) is 33.2 Å². The Hall–Kier alpha value is -1.99. The van der Waals surface area contributed by atoms with Gasteiger partial charge in [-0.25, -0.2) is 9.36 Å². The normalized spacial score (nSPS) is 23.3. The number of aliphatic hydroxyl groups is 1. The van der Waals surface area contributed by atoms with Gasteiger partial charge in [0, 0.05) is 11.8 Å². The largest absolute Gasteiger partial charge is 0.393 e. The monoisotopic (exact) mass is 252 g/mol. The van der Waals surface area contributed by atoms with E-state index in [1.54, 1.807) is 6.92 Å². The van der Waals surface area contributed by atoms with E-state index in [1.807, 2.05) is 0 Å².